The van der Waals surface area contributed by atoms with E-state index in [9.17, 15) is 0 Å². The largest absolute Gasteiger partial charge is 0.309 e. The molecule has 0 saturated carbocycles. The van der Waals surface area contributed by atoms with Crippen molar-refractivity contribution in [2.24, 2.45) is 0 Å². The molecule has 0 radical (unpaired) electrons. The summed E-state index contributed by atoms with van der Waals surface area (Å²) in [6, 6.07) is 9.03. The maximum Gasteiger partial charge on any atom is 0.0500 e. The zero-order valence-electron chi connectivity index (χ0n) is 11.0. The third kappa shape index (κ3) is 3.21. The lowest BCUT2D eigenvalue weighted by Gasteiger charge is -2.38. The number of hydrogen-bond acceptors (Lipinski definition) is 3. The van der Waals surface area contributed by atoms with E-state index in [1.807, 2.05) is 23.9 Å². The molecule has 2 unspecified atom stereocenters. The highest BCUT2D eigenvalue weighted by molar-refractivity contribution is 7.99. The third-order valence-corrected chi connectivity index (χ3v) is 4.88. The normalized spacial score (nSPS) is 22.9. The Morgan fingerprint density at radius 2 is 2.28 bits per heavy atom. The van der Waals surface area contributed by atoms with Gasteiger partial charge >= 0.3 is 0 Å². The molecule has 1 aliphatic rings. The summed E-state index contributed by atoms with van der Waals surface area (Å²) in [5.41, 5.74) is 1.22. The molecule has 0 amide bonds. The quantitative estimate of drug-likeness (QED) is 0.915. The first-order chi connectivity index (χ1) is 8.74. The van der Waals surface area contributed by atoms with Crippen LogP contribution in [-0.2, 0) is 0 Å². The van der Waals surface area contributed by atoms with Gasteiger partial charge in [0.1, 0.15) is 0 Å². The monoisotopic (exact) mass is 284 g/mol. The van der Waals surface area contributed by atoms with Crippen LogP contribution in [0.5, 0.6) is 0 Å². The van der Waals surface area contributed by atoms with E-state index in [4.69, 9.17) is 11.6 Å². The SMILES string of the molecule is CCNC(c1ccccc1Cl)C1CSCCN1C. The van der Waals surface area contributed by atoms with Gasteiger partial charge in [-0.25, -0.2) is 0 Å². The molecule has 4 heteroatoms. The molecule has 0 aromatic heterocycles. The smallest absolute Gasteiger partial charge is 0.0500 e. The molecule has 100 valence electrons. The second-order valence-electron chi connectivity index (χ2n) is 4.68. The number of benzene rings is 1. The molecular formula is C14H21ClN2S. The van der Waals surface area contributed by atoms with Gasteiger partial charge in [0.2, 0.25) is 0 Å². The molecule has 1 aromatic rings. The second kappa shape index (κ2) is 6.80. The van der Waals surface area contributed by atoms with Crippen LogP contribution in [-0.4, -0.2) is 42.6 Å². The first-order valence-electron chi connectivity index (χ1n) is 6.49. The Balaban J connectivity index is 2.24. The molecule has 18 heavy (non-hydrogen) atoms. The summed E-state index contributed by atoms with van der Waals surface area (Å²) in [6.45, 7) is 4.27. The van der Waals surface area contributed by atoms with E-state index < -0.39 is 0 Å². The number of hydrogen-bond donors (Lipinski definition) is 1. The molecular weight excluding hydrogens is 264 g/mol. The first-order valence-corrected chi connectivity index (χ1v) is 8.03. The van der Waals surface area contributed by atoms with Crippen LogP contribution in [0.15, 0.2) is 24.3 Å². The van der Waals surface area contributed by atoms with Crippen molar-refractivity contribution in [2.45, 2.75) is 19.0 Å². The molecule has 1 saturated heterocycles. The van der Waals surface area contributed by atoms with Crippen molar-refractivity contribution >= 4 is 23.4 Å². The Morgan fingerprint density at radius 1 is 1.50 bits per heavy atom. The minimum Gasteiger partial charge on any atom is -0.309 e. The Bertz CT molecular complexity index is 386. The predicted octanol–water partition coefficient (Wildman–Crippen LogP) is 3.04. The van der Waals surface area contributed by atoms with Crippen LogP contribution >= 0.6 is 23.4 Å². The van der Waals surface area contributed by atoms with Crippen molar-refractivity contribution < 1.29 is 0 Å². The van der Waals surface area contributed by atoms with Crippen molar-refractivity contribution in [1.82, 2.24) is 10.2 Å². The predicted molar refractivity (Wildman–Crippen MR) is 81.6 cm³/mol. The summed E-state index contributed by atoms with van der Waals surface area (Å²) < 4.78 is 0. The molecule has 2 rings (SSSR count). The van der Waals surface area contributed by atoms with Gasteiger partial charge in [0.05, 0.1) is 6.04 Å². The second-order valence-corrected chi connectivity index (χ2v) is 6.24. The van der Waals surface area contributed by atoms with Crippen molar-refractivity contribution in [3.05, 3.63) is 34.9 Å². The molecule has 1 aromatic carbocycles. The minimum atomic E-state index is 0.321. The number of halogens is 1. The van der Waals surface area contributed by atoms with Crippen LogP contribution in [0.2, 0.25) is 5.02 Å². The highest BCUT2D eigenvalue weighted by atomic mass is 35.5. The minimum absolute atomic E-state index is 0.321. The summed E-state index contributed by atoms with van der Waals surface area (Å²) in [5, 5.41) is 4.47. The maximum atomic E-state index is 6.36. The van der Waals surface area contributed by atoms with Gasteiger partial charge < -0.3 is 5.32 Å². The van der Waals surface area contributed by atoms with Gasteiger partial charge in [0, 0.05) is 29.1 Å². The van der Waals surface area contributed by atoms with Crippen LogP contribution < -0.4 is 5.32 Å². The van der Waals surface area contributed by atoms with Gasteiger partial charge in [-0.05, 0) is 25.2 Å². The summed E-state index contributed by atoms with van der Waals surface area (Å²) in [5.74, 6) is 2.40. The fourth-order valence-corrected chi connectivity index (χ4v) is 3.98. The number of rotatable bonds is 4. The Hall–Kier alpha value is -0.220. The molecule has 1 heterocycles. The lowest BCUT2D eigenvalue weighted by Crippen LogP contribution is -2.47. The van der Waals surface area contributed by atoms with Gasteiger partial charge in [-0.2, -0.15) is 11.8 Å². The fraction of sp³-hybridized carbons (Fsp3) is 0.571. The number of thioether (sulfide) groups is 1. The van der Waals surface area contributed by atoms with E-state index in [0.29, 0.717) is 12.1 Å². The van der Waals surface area contributed by atoms with Gasteiger partial charge in [0.25, 0.3) is 0 Å². The van der Waals surface area contributed by atoms with Gasteiger partial charge in [-0.1, -0.05) is 36.7 Å². The fourth-order valence-electron chi connectivity index (χ4n) is 2.46. The average Bonchev–Trinajstić information content (AvgIpc) is 2.38. The standard InChI is InChI=1S/C14H21ClN2S/c1-3-16-14(11-6-4-5-7-12(11)15)13-10-18-9-8-17(13)2/h4-7,13-14,16H,3,8-10H2,1-2H3. The molecule has 2 nitrogen and oxygen atoms in total. The summed E-state index contributed by atoms with van der Waals surface area (Å²) in [6.07, 6.45) is 0. The van der Waals surface area contributed by atoms with Crippen molar-refractivity contribution in [1.29, 1.82) is 0 Å². The van der Waals surface area contributed by atoms with Crippen LogP contribution in [0.3, 0.4) is 0 Å². The number of nitrogens with zero attached hydrogens (tertiary/aromatic N) is 1. The van der Waals surface area contributed by atoms with Gasteiger partial charge in [0.15, 0.2) is 0 Å². The third-order valence-electron chi connectivity index (χ3n) is 3.49. The van der Waals surface area contributed by atoms with Crippen molar-refractivity contribution in [3.8, 4) is 0 Å². The van der Waals surface area contributed by atoms with E-state index in [1.54, 1.807) is 0 Å². The maximum absolute atomic E-state index is 6.36. The summed E-state index contributed by atoms with van der Waals surface area (Å²) >= 11 is 8.39. The molecule has 0 bridgehead atoms. The molecule has 1 N–H and O–H groups in total. The number of likely N-dealkylation sites (N-methyl/N-ethyl adjacent to an activating group) is 2. The highest BCUT2D eigenvalue weighted by Gasteiger charge is 2.29. The molecule has 0 aliphatic carbocycles. The Morgan fingerprint density at radius 3 is 2.94 bits per heavy atom. The number of nitrogens with one attached hydrogen (secondary N) is 1. The Labute approximate surface area is 119 Å². The van der Waals surface area contributed by atoms with E-state index in [0.717, 1.165) is 18.1 Å². The van der Waals surface area contributed by atoms with Crippen molar-refractivity contribution in [3.63, 3.8) is 0 Å². The van der Waals surface area contributed by atoms with Gasteiger partial charge in [-0.3, -0.25) is 4.90 Å². The van der Waals surface area contributed by atoms with E-state index in [1.165, 1.54) is 17.1 Å². The van der Waals surface area contributed by atoms with E-state index in [-0.39, 0.29) is 0 Å². The Kier molecular flexibility index (Phi) is 5.37. The zero-order valence-corrected chi connectivity index (χ0v) is 12.6. The molecule has 0 spiro atoms. The molecule has 1 aliphatic heterocycles. The van der Waals surface area contributed by atoms with Crippen LogP contribution in [0.1, 0.15) is 18.5 Å². The summed E-state index contributed by atoms with van der Waals surface area (Å²) in [7, 11) is 2.21. The molecule has 2 atom stereocenters. The average molecular weight is 285 g/mol. The topological polar surface area (TPSA) is 15.3 Å². The van der Waals surface area contributed by atoms with E-state index in [2.05, 4.69) is 36.3 Å². The zero-order chi connectivity index (χ0) is 13.0. The lowest BCUT2D eigenvalue weighted by atomic mass is 9.99. The first kappa shape index (κ1) is 14.2. The van der Waals surface area contributed by atoms with Crippen LogP contribution in [0.25, 0.3) is 0 Å². The lowest BCUT2D eigenvalue weighted by molar-refractivity contribution is 0.217. The van der Waals surface area contributed by atoms with Gasteiger partial charge in [-0.15, -0.1) is 0 Å². The summed E-state index contributed by atoms with van der Waals surface area (Å²) in [4.78, 5) is 2.45. The van der Waals surface area contributed by atoms with Crippen molar-refractivity contribution in [2.75, 3.05) is 31.6 Å². The molecule has 1 fully saturated rings. The highest BCUT2D eigenvalue weighted by Crippen LogP contribution is 2.30. The van der Waals surface area contributed by atoms with Crippen LogP contribution in [0.4, 0.5) is 0 Å². The van der Waals surface area contributed by atoms with Crippen LogP contribution in [0, 0.1) is 0 Å². The van der Waals surface area contributed by atoms with E-state index >= 15 is 0 Å².